The van der Waals surface area contributed by atoms with Gasteiger partial charge in [0.25, 0.3) is 0 Å². The maximum Gasteiger partial charge on any atom is 0.226 e. The van der Waals surface area contributed by atoms with Gasteiger partial charge >= 0.3 is 0 Å². The molecule has 0 saturated heterocycles. The molecule has 5 nitrogen and oxygen atoms in total. The molecule has 1 aromatic heterocycles. The normalized spacial score (nSPS) is 12.2. The van der Waals surface area contributed by atoms with E-state index in [0.717, 1.165) is 0 Å². The van der Waals surface area contributed by atoms with E-state index in [9.17, 15) is 9.18 Å². The Labute approximate surface area is 130 Å². The Morgan fingerprint density at radius 3 is 2.76 bits per heavy atom. The summed E-state index contributed by atoms with van der Waals surface area (Å²) in [6.07, 6.45) is -0.00437. The number of rotatable bonds is 4. The van der Waals surface area contributed by atoms with Crippen LogP contribution in [0.1, 0.15) is 29.9 Å². The summed E-state index contributed by atoms with van der Waals surface area (Å²) in [5.74, 6) is -0.940. The number of benzene rings is 1. The van der Waals surface area contributed by atoms with Crippen LogP contribution >= 0.6 is 23.2 Å². The van der Waals surface area contributed by atoms with E-state index in [2.05, 4.69) is 20.3 Å². The molecule has 1 heterocycles. The molecule has 1 atom stereocenters. The largest absolute Gasteiger partial charge is 0.349 e. The van der Waals surface area contributed by atoms with Crippen molar-refractivity contribution in [3.63, 3.8) is 0 Å². The predicted molar refractivity (Wildman–Crippen MR) is 75.7 cm³/mol. The fourth-order valence-electron chi connectivity index (χ4n) is 1.82. The number of nitrogens with one attached hydrogen (secondary N) is 1. The summed E-state index contributed by atoms with van der Waals surface area (Å²) in [6, 6.07) is 2.14. The zero-order chi connectivity index (χ0) is 15.6. The van der Waals surface area contributed by atoms with Gasteiger partial charge in [-0.2, -0.15) is 0 Å². The van der Waals surface area contributed by atoms with E-state index in [4.69, 9.17) is 23.2 Å². The summed E-state index contributed by atoms with van der Waals surface area (Å²) < 4.78 is 18.5. The summed E-state index contributed by atoms with van der Waals surface area (Å²) in [7, 11) is 0. The van der Waals surface area contributed by atoms with Gasteiger partial charge in [0.1, 0.15) is 17.2 Å². The van der Waals surface area contributed by atoms with Crippen molar-refractivity contribution in [2.45, 2.75) is 26.3 Å². The van der Waals surface area contributed by atoms with Gasteiger partial charge in [-0.25, -0.2) is 9.02 Å². The highest BCUT2D eigenvalue weighted by atomic mass is 35.5. The molecule has 0 aliphatic rings. The Hall–Kier alpha value is -1.66. The standard InChI is InChI=1S/C13H12Cl2FN3O2/c1-6(9-3-8(14)4-10(15)13(9)16)17-12(20)5-11-7(2)18-21-19-11/h3-4,6H,5H2,1-2H3,(H,17,20). The fourth-order valence-corrected chi connectivity index (χ4v) is 2.33. The maximum absolute atomic E-state index is 13.9. The van der Waals surface area contributed by atoms with E-state index in [1.54, 1.807) is 13.8 Å². The molecule has 1 N–H and O–H groups in total. The topological polar surface area (TPSA) is 68.0 Å². The van der Waals surface area contributed by atoms with Crippen LogP contribution in [-0.2, 0) is 11.2 Å². The molecule has 0 fully saturated rings. The summed E-state index contributed by atoms with van der Waals surface area (Å²) in [5, 5.41) is 10.1. The second-order valence-corrected chi connectivity index (χ2v) is 5.40. The monoisotopic (exact) mass is 331 g/mol. The third-order valence-electron chi connectivity index (χ3n) is 2.94. The third-order valence-corrected chi connectivity index (χ3v) is 3.43. The van der Waals surface area contributed by atoms with Crippen molar-refractivity contribution in [1.82, 2.24) is 15.6 Å². The van der Waals surface area contributed by atoms with Crippen LogP contribution in [0.15, 0.2) is 16.8 Å². The molecule has 112 valence electrons. The SMILES string of the molecule is Cc1nonc1CC(=O)NC(C)c1cc(Cl)cc(Cl)c1F. The number of aromatic nitrogens is 2. The second-order valence-electron chi connectivity index (χ2n) is 4.55. The van der Waals surface area contributed by atoms with Gasteiger partial charge in [0.15, 0.2) is 0 Å². The number of nitrogens with zero attached hydrogens (tertiary/aromatic N) is 2. The molecule has 2 aromatic rings. The summed E-state index contributed by atoms with van der Waals surface area (Å²) in [5.41, 5.74) is 1.19. The van der Waals surface area contributed by atoms with Gasteiger partial charge in [0.2, 0.25) is 5.91 Å². The van der Waals surface area contributed by atoms with E-state index < -0.39 is 11.9 Å². The van der Waals surface area contributed by atoms with Crippen LogP contribution in [0.3, 0.4) is 0 Å². The molecule has 2 rings (SSSR count). The molecule has 0 saturated carbocycles. The molecule has 21 heavy (non-hydrogen) atoms. The number of hydrogen-bond acceptors (Lipinski definition) is 4. The van der Waals surface area contributed by atoms with Gasteiger partial charge < -0.3 is 5.32 Å². The van der Waals surface area contributed by atoms with Crippen molar-refractivity contribution < 1.29 is 13.8 Å². The first-order valence-corrected chi connectivity index (χ1v) is 6.86. The average Bonchev–Trinajstić information content (AvgIpc) is 2.79. The van der Waals surface area contributed by atoms with E-state index in [-0.39, 0.29) is 22.9 Å². The number of halogens is 3. The van der Waals surface area contributed by atoms with E-state index >= 15 is 0 Å². The minimum atomic E-state index is -0.604. The van der Waals surface area contributed by atoms with Gasteiger partial charge in [-0.05, 0) is 26.0 Å². The molecule has 1 unspecified atom stereocenters. The summed E-state index contributed by atoms with van der Waals surface area (Å²) in [4.78, 5) is 11.9. The number of amides is 1. The molecule has 0 spiro atoms. The van der Waals surface area contributed by atoms with E-state index in [1.807, 2.05) is 0 Å². The van der Waals surface area contributed by atoms with Crippen LogP contribution in [0.5, 0.6) is 0 Å². The van der Waals surface area contributed by atoms with Crippen LogP contribution in [0.2, 0.25) is 10.0 Å². The van der Waals surface area contributed by atoms with Crippen LogP contribution < -0.4 is 5.32 Å². The van der Waals surface area contributed by atoms with Crippen LogP contribution in [-0.4, -0.2) is 16.2 Å². The average molecular weight is 332 g/mol. The summed E-state index contributed by atoms with van der Waals surface area (Å²) >= 11 is 11.6. The highest BCUT2D eigenvalue weighted by Gasteiger charge is 2.18. The molecule has 0 radical (unpaired) electrons. The fraction of sp³-hybridized carbons (Fsp3) is 0.308. The maximum atomic E-state index is 13.9. The first kappa shape index (κ1) is 15.7. The number of aryl methyl sites for hydroxylation is 1. The quantitative estimate of drug-likeness (QED) is 0.873. The van der Waals surface area contributed by atoms with Crippen molar-refractivity contribution in [2.24, 2.45) is 0 Å². The lowest BCUT2D eigenvalue weighted by molar-refractivity contribution is -0.121. The number of hydrogen-bond donors (Lipinski definition) is 1. The number of carbonyl (C=O) groups is 1. The lowest BCUT2D eigenvalue weighted by atomic mass is 10.1. The first-order chi connectivity index (χ1) is 9.88. The molecular formula is C13H12Cl2FN3O2. The van der Waals surface area contributed by atoms with Gasteiger partial charge in [0.05, 0.1) is 17.5 Å². The predicted octanol–water partition coefficient (Wildman–Crippen LogP) is 3.24. The molecular weight excluding hydrogens is 320 g/mol. The van der Waals surface area contributed by atoms with Crippen molar-refractivity contribution >= 4 is 29.1 Å². The smallest absolute Gasteiger partial charge is 0.226 e. The molecule has 8 heteroatoms. The molecule has 0 bridgehead atoms. The van der Waals surface area contributed by atoms with Gasteiger partial charge in [0, 0.05) is 10.6 Å². The Morgan fingerprint density at radius 1 is 1.43 bits per heavy atom. The minimum absolute atomic E-state index is 0.00437. The van der Waals surface area contributed by atoms with E-state index in [1.165, 1.54) is 12.1 Å². The van der Waals surface area contributed by atoms with Gasteiger partial charge in [-0.3, -0.25) is 4.79 Å². The first-order valence-electron chi connectivity index (χ1n) is 6.10. The molecule has 0 aliphatic heterocycles. The summed E-state index contributed by atoms with van der Waals surface area (Å²) in [6.45, 7) is 3.32. The Morgan fingerprint density at radius 2 is 2.14 bits per heavy atom. The van der Waals surface area contributed by atoms with Gasteiger partial charge in [-0.1, -0.05) is 33.5 Å². The lowest BCUT2D eigenvalue weighted by Gasteiger charge is -2.15. The zero-order valence-electron chi connectivity index (χ0n) is 11.3. The molecule has 1 amide bonds. The molecule has 1 aromatic carbocycles. The highest BCUT2D eigenvalue weighted by molar-refractivity contribution is 6.34. The third kappa shape index (κ3) is 3.71. The Kier molecular flexibility index (Phi) is 4.80. The molecule has 0 aliphatic carbocycles. The van der Waals surface area contributed by atoms with Crippen molar-refractivity contribution in [3.8, 4) is 0 Å². The zero-order valence-corrected chi connectivity index (χ0v) is 12.8. The van der Waals surface area contributed by atoms with Crippen LogP contribution in [0.4, 0.5) is 4.39 Å². The highest BCUT2D eigenvalue weighted by Crippen LogP contribution is 2.27. The minimum Gasteiger partial charge on any atom is -0.349 e. The van der Waals surface area contributed by atoms with Crippen LogP contribution in [0.25, 0.3) is 0 Å². The van der Waals surface area contributed by atoms with Crippen LogP contribution in [0, 0.1) is 12.7 Å². The Balaban J connectivity index is 2.09. The Bertz CT molecular complexity index is 675. The van der Waals surface area contributed by atoms with Crippen molar-refractivity contribution in [1.29, 1.82) is 0 Å². The van der Waals surface area contributed by atoms with E-state index in [0.29, 0.717) is 16.4 Å². The second kappa shape index (κ2) is 6.41. The van der Waals surface area contributed by atoms with Crippen molar-refractivity contribution in [2.75, 3.05) is 0 Å². The van der Waals surface area contributed by atoms with Gasteiger partial charge in [-0.15, -0.1) is 0 Å². The van der Waals surface area contributed by atoms with Crippen molar-refractivity contribution in [3.05, 3.63) is 44.9 Å². The lowest BCUT2D eigenvalue weighted by Crippen LogP contribution is -2.29. The number of carbonyl (C=O) groups excluding carboxylic acids is 1.